The molecule has 0 radical (unpaired) electrons. The van der Waals surface area contributed by atoms with Crippen molar-refractivity contribution in [1.29, 1.82) is 0 Å². The van der Waals surface area contributed by atoms with E-state index in [0.717, 1.165) is 37.0 Å². The molecule has 0 aliphatic carbocycles. The molecule has 0 aliphatic rings. The molecule has 0 fully saturated rings. The highest BCUT2D eigenvalue weighted by Gasteiger charge is 2.29. The van der Waals surface area contributed by atoms with Crippen molar-refractivity contribution in [2.75, 3.05) is 12.4 Å². The third-order valence-corrected chi connectivity index (χ3v) is 4.48. The fraction of sp³-hybridized carbons (Fsp3) is 0.625. The normalized spacial score (nSPS) is 11.4. The van der Waals surface area contributed by atoms with Gasteiger partial charge in [-0.15, -0.1) is 0 Å². The van der Waals surface area contributed by atoms with Gasteiger partial charge in [0.05, 0.1) is 11.5 Å². The molecule has 0 saturated heterocycles. The standard InChI is InChI=1S/C16H25NO3S/c1-4-9-16(12-21,10-5-2)11-20-15-13(3)7-6-8-14(15)17(18)19/h6-8,21H,4-5,9-12H2,1-3H3. The number of aryl methyl sites for hydroxylation is 1. The predicted octanol–water partition coefficient (Wildman–Crippen LogP) is 4.80. The summed E-state index contributed by atoms with van der Waals surface area (Å²) >= 11 is 4.49. The van der Waals surface area contributed by atoms with Crippen molar-refractivity contribution < 1.29 is 9.66 Å². The Labute approximate surface area is 132 Å². The Balaban J connectivity index is 2.97. The molecule has 21 heavy (non-hydrogen) atoms. The molecular formula is C16H25NO3S. The lowest BCUT2D eigenvalue weighted by molar-refractivity contribution is -0.386. The van der Waals surface area contributed by atoms with Crippen LogP contribution in [0.25, 0.3) is 0 Å². The number of benzene rings is 1. The minimum Gasteiger partial charge on any atom is -0.486 e. The number of rotatable bonds is 9. The molecule has 0 bridgehead atoms. The molecule has 1 rings (SSSR count). The molecule has 0 aliphatic heterocycles. The van der Waals surface area contributed by atoms with Gasteiger partial charge < -0.3 is 4.74 Å². The average Bonchev–Trinajstić information content (AvgIpc) is 2.45. The third kappa shape index (κ3) is 4.63. The average molecular weight is 311 g/mol. The van der Waals surface area contributed by atoms with E-state index in [1.807, 2.05) is 13.0 Å². The van der Waals surface area contributed by atoms with Crippen molar-refractivity contribution in [3.05, 3.63) is 33.9 Å². The van der Waals surface area contributed by atoms with Gasteiger partial charge in [0.1, 0.15) is 0 Å². The Morgan fingerprint density at radius 3 is 2.38 bits per heavy atom. The summed E-state index contributed by atoms with van der Waals surface area (Å²) in [5.74, 6) is 1.12. The van der Waals surface area contributed by atoms with Crippen LogP contribution >= 0.6 is 12.6 Å². The fourth-order valence-electron chi connectivity index (χ4n) is 2.73. The summed E-state index contributed by atoms with van der Waals surface area (Å²) in [6, 6.07) is 5.01. The van der Waals surface area contributed by atoms with Crippen LogP contribution in [0.2, 0.25) is 0 Å². The molecule has 0 atom stereocenters. The van der Waals surface area contributed by atoms with E-state index < -0.39 is 0 Å². The molecule has 0 N–H and O–H groups in total. The van der Waals surface area contributed by atoms with Gasteiger partial charge in [-0.25, -0.2) is 0 Å². The second kappa shape index (κ2) is 8.27. The highest BCUT2D eigenvalue weighted by atomic mass is 32.1. The molecule has 1 aromatic rings. The van der Waals surface area contributed by atoms with Crippen molar-refractivity contribution >= 4 is 18.3 Å². The van der Waals surface area contributed by atoms with Crippen molar-refractivity contribution in [1.82, 2.24) is 0 Å². The molecule has 0 aromatic heterocycles. The SMILES string of the molecule is CCCC(CS)(CCC)COc1c(C)cccc1[N+](=O)[O-]. The Kier molecular flexibility index (Phi) is 7.02. The van der Waals surface area contributed by atoms with Gasteiger partial charge in [0.25, 0.3) is 0 Å². The number of hydrogen-bond acceptors (Lipinski definition) is 4. The van der Waals surface area contributed by atoms with Crippen LogP contribution in [-0.2, 0) is 0 Å². The molecule has 5 heteroatoms. The van der Waals surface area contributed by atoms with Gasteiger partial charge in [-0.2, -0.15) is 12.6 Å². The van der Waals surface area contributed by atoms with E-state index in [1.165, 1.54) is 6.07 Å². The zero-order valence-corrected chi connectivity index (χ0v) is 14.0. The topological polar surface area (TPSA) is 52.4 Å². The van der Waals surface area contributed by atoms with E-state index in [2.05, 4.69) is 26.5 Å². The van der Waals surface area contributed by atoms with Crippen molar-refractivity contribution in [3.63, 3.8) is 0 Å². The molecule has 1 aromatic carbocycles. The van der Waals surface area contributed by atoms with Crippen molar-refractivity contribution in [2.45, 2.75) is 46.5 Å². The van der Waals surface area contributed by atoms with E-state index in [-0.39, 0.29) is 16.0 Å². The van der Waals surface area contributed by atoms with Gasteiger partial charge in [-0.05, 0) is 31.1 Å². The van der Waals surface area contributed by atoms with Crippen LogP contribution in [-0.4, -0.2) is 17.3 Å². The van der Waals surface area contributed by atoms with Gasteiger partial charge in [-0.1, -0.05) is 38.8 Å². The largest absolute Gasteiger partial charge is 0.486 e. The maximum atomic E-state index is 11.1. The van der Waals surface area contributed by atoms with Crippen molar-refractivity contribution in [2.24, 2.45) is 5.41 Å². The quantitative estimate of drug-likeness (QED) is 0.405. The fourth-order valence-corrected chi connectivity index (χ4v) is 3.14. The predicted molar refractivity (Wildman–Crippen MR) is 89.4 cm³/mol. The summed E-state index contributed by atoms with van der Waals surface area (Å²) in [5, 5.41) is 11.1. The van der Waals surface area contributed by atoms with E-state index in [4.69, 9.17) is 4.74 Å². The molecule has 0 unspecified atom stereocenters. The minimum absolute atomic E-state index is 0.0111. The highest BCUT2D eigenvalue weighted by molar-refractivity contribution is 7.80. The molecule has 0 saturated carbocycles. The maximum absolute atomic E-state index is 11.1. The number of para-hydroxylation sites is 1. The summed E-state index contributed by atoms with van der Waals surface area (Å²) in [4.78, 5) is 10.7. The summed E-state index contributed by atoms with van der Waals surface area (Å²) in [5.41, 5.74) is 0.823. The number of nitro groups is 1. The molecule has 4 nitrogen and oxygen atoms in total. The van der Waals surface area contributed by atoms with Crippen LogP contribution in [0.1, 0.15) is 45.1 Å². The Hall–Kier alpha value is -1.23. The first-order chi connectivity index (χ1) is 9.99. The van der Waals surface area contributed by atoms with Crippen LogP contribution in [0.15, 0.2) is 18.2 Å². The summed E-state index contributed by atoms with van der Waals surface area (Å²) in [6.45, 7) is 6.60. The molecule has 0 spiro atoms. The lowest BCUT2D eigenvalue weighted by Gasteiger charge is -2.31. The van der Waals surface area contributed by atoms with Gasteiger partial charge in [0.2, 0.25) is 0 Å². The highest BCUT2D eigenvalue weighted by Crippen LogP contribution is 2.36. The second-order valence-electron chi connectivity index (χ2n) is 5.63. The smallest absolute Gasteiger partial charge is 0.311 e. The van der Waals surface area contributed by atoms with Crippen LogP contribution in [0.5, 0.6) is 5.75 Å². The van der Waals surface area contributed by atoms with E-state index >= 15 is 0 Å². The Morgan fingerprint density at radius 1 is 1.29 bits per heavy atom. The van der Waals surface area contributed by atoms with Gasteiger partial charge >= 0.3 is 5.69 Å². The third-order valence-electron chi connectivity index (χ3n) is 3.81. The first-order valence-corrected chi connectivity index (χ1v) is 8.10. The number of ether oxygens (including phenoxy) is 1. The zero-order valence-electron chi connectivity index (χ0n) is 13.1. The summed E-state index contributed by atoms with van der Waals surface area (Å²) in [7, 11) is 0. The van der Waals surface area contributed by atoms with Gasteiger partial charge in [-0.3, -0.25) is 10.1 Å². The second-order valence-corrected chi connectivity index (χ2v) is 5.94. The van der Waals surface area contributed by atoms with Crippen LogP contribution in [0.3, 0.4) is 0 Å². The lowest BCUT2D eigenvalue weighted by atomic mass is 9.82. The molecule has 118 valence electrons. The summed E-state index contributed by atoms with van der Waals surface area (Å²) in [6.07, 6.45) is 4.15. The van der Waals surface area contributed by atoms with E-state index in [0.29, 0.717) is 12.4 Å². The molecular weight excluding hydrogens is 286 g/mol. The van der Waals surface area contributed by atoms with Crippen LogP contribution < -0.4 is 4.74 Å². The Bertz CT molecular complexity index is 471. The van der Waals surface area contributed by atoms with Gasteiger partial charge in [0, 0.05) is 11.5 Å². The Morgan fingerprint density at radius 2 is 1.90 bits per heavy atom. The number of nitrogens with zero attached hydrogens (tertiary/aromatic N) is 1. The number of nitro benzene ring substituents is 1. The number of hydrogen-bond donors (Lipinski definition) is 1. The monoisotopic (exact) mass is 311 g/mol. The minimum atomic E-state index is -0.385. The zero-order chi connectivity index (χ0) is 15.9. The van der Waals surface area contributed by atoms with Gasteiger partial charge in [0.15, 0.2) is 5.75 Å². The first kappa shape index (κ1) is 17.8. The van der Waals surface area contributed by atoms with Crippen molar-refractivity contribution in [3.8, 4) is 5.75 Å². The van der Waals surface area contributed by atoms with Crippen LogP contribution in [0.4, 0.5) is 5.69 Å². The lowest BCUT2D eigenvalue weighted by Crippen LogP contribution is -2.31. The summed E-state index contributed by atoms with van der Waals surface area (Å²) < 4.78 is 5.90. The van der Waals surface area contributed by atoms with Crippen LogP contribution in [0, 0.1) is 22.5 Å². The first-order valence-electron chi connectivity index (χ1n) is 7.47. The number of thiol groups is 1. The van der Waals surface area contributed by atoms with E-state index in [1.54, 1.807) is 6.07 Å². The molecule has 0 amide bonds. The maximum Gasteiger partial charge on any atom is 0.311 e. The molecule has 0 heterocycles. The van der Waals surface area contributed by atoms with E-state index in [9.17, 15) is 10.1 Å².